The van der Waals surface area contributed by atoms with Crippen molar-refractivity contribution in [2.24, 2.45) is 0 Å². The molecule has 3 rings (SSSR count). The van der Waals surface area contributed by atoms with Crippen molar-refractivity contribution in [2.75, 3.05) is 0 Å². The molecule has 0 saturated heterocycles. The van der Waals surface area contributed by atoms with E-state index in [0.717, 1.165) is 22.8 Å². The van der Waals surface area contributed by atoms with E-state index in [-0.39, 0.29) is 0 Å². The first-order valence-electron chi connectivity index (χ1n) is 7.36. The second-order valence-corrected chi connectivity index (χ2v) is 5.73. The van der Waals surface area contributed by atoms with Gasteiger partial charge in [-0.25, -0.2) is 4.79 Å². The van der Waals surface area contributed by atoms with Crippen molar-refractivity contribution in [3.8, 4) is 0 Å². The smallest absolute Gasteiger partial charge is 0.336 e. The van der Waals surface area contributed by atoms with Gasteiger partial charge in [-0.05, 0) is 53.8 Å². The molecule has 0 fully saturated rings. The Balaban J connectivity index is 2.19. The maximum absolute atomic E-state index is 11.5. The van der Waals surface area contributed by atoms with Gasteiger partial charge < -0.3 is 5.11 Å². The SMILES string of the molecule is Cc1ccc(C)c(Cc2cccc3cccc(C(=O)O)c23)c1. The predicted octanol–water partition coefficient (Wildman–Crippen LogP) is 4.75. The first-order valence-corrected chi connectivity index (χ1v) is 7.36. The minimum Gasteiger partial charge on any atom is -0.478 e. The maximum atomic E-state index is 11.5. The van der Waals surface area contributed by atoms with Crippen molar-refractivity contribution in [1.29, 1.82) is 0 Å². The first kappa shape index (κ1) is 14.3. The molecule has 3 aromatic carbocycles. The zero-order chi connectivity index (χ0) is 15.7. The number of hydrogen-bond acceptors (Lipinski definition) is 1. The summed E-state index contributed by atoms with van der Waals surface area (Å²) in [5, 5.41) is 11.3. The number of aryl methyl sites for hydroxylation is 2. The molecule has 2 heteroatoms. The van der Waals surface area contributed by atoms with Gasteiger partial charge in [0.1, 0.15) is 0 Å². The molecule has 1 N–H and O–H groups in total. The van der Waals surface area contributed by atoms with Gasteiger partial charge in [-0.15, -0.1) is 0 Å². The van der Waals surface area contributed by atoms with Crippen LogP contribution in [0.3, 0.4) is 0 Å². The molecule has 0 saturated carbocycles. The zero-order valence-corrected chi connectivity index (χ0v) is 12.8. The van der Waals surface area contributed by atoms with Gasteiger partial charge in [0.15, 0.2) is 0 Å². The lowest BCUT2D eigenvalue weighted by Crippen LogP contribution is -2.01. The second kappa shape index (κ2) is 5.64. The molecule has 0 aliphatic rings. The summed E-state index contributed by atoms with van der Waals surface area (Å²) in [6, 6.07) is 17.8. The highest BCUT2D eigenvalue weighted by Crippen LogP contribution is 2.26. The molecule has 3 aromatic rings. The molecule has 0 amide bonds. The number of hydrogen-bond donors (Lipinski definition) is 1. The standard InChI is InChI=1S/C20H18O2/c1-13-9-10-14(2)17(11-13)12-16-7-3-5-15-6-4-8-18(19(15)16)20(21)22/h3-11H,12H2,1-2H3,(H,21,22). The van der Waals surface area contributed by atoms with Crippen molar-refractivity contribution >= 4 is 16.7 Å². The fraction of sp³-hybridized carbons (Fsp3) is 0.150. The number of rotatable bonds is 3. The van der Waals surface area contributed by atoms with Gasteiger partial charge in [-0.3, -0.25) is 0 Å². The third-order valence-corrected chi connectivity index (χ3v) is 4.11. The highest BCUT2D eigenvalue weighted by molar-refractivity contribution is 6.05. The van der Waals surface area contributed by atoms with E-state index in [9.17, 15) is 9.90 Å². The molecule has 22 heavy (non-hydrogen) atoms. The highest BCUT2D eigenvalue weighted by Gasteiger charge is 2.12. The number of carbonyl (C=O) groups is 1. The van der Waals surface area contributed by atoms with Crippen LogP contribution >= 0.6 is 0 Å². The summed E-state index contributed by atoms with van der Waals surface area (Å²) >= 11 is 0. The minimum atomic E-state index is -0.876. The van der Waals surface area contributed by atoms with Crippen LogP contribution in [-0.4, -0.2) is 11.1 Å². The van der Waals surface area contributed by atoms with Crippen LogP contribution < -0.4 is 0 Å². The Bertz CT molecular complexity index is 857. The first-order chi connectivity index (χ1) is 10.6. The molecular formula is C20H18O2. The molecule has 2 nitrogen and oxygen atoms in total. The van der Waals surface area contributed by atoms with Crippen molar-refractivity contribution in [1.82, 2.24) is 0 Å². The van der Waals surface area contributed by atoms with Crippen LogP contribution in [0, 0.1) is 13.8 Å². The van der Waals surface area contributed by atoms with E-state index in [1.807, 2.05) is 24.3 Å². The van der Waals surface area contributed by atoms with Gasteiger partial charge in [0.25, 0.3) is 0 Å². The average Bonchev–Trinajstić information content (AvgIpc) is 2.50. The topological polar surface area (TPSA) is 37.3 Å². The van der Waals surface area contributed by atoms with Gasteiger partial charge in [-0.1, -0.05) is 54.1 Å². The van der Waals surface area contributed by atoms with Crippen LogP contribution in [0.15, 0.2) is 54.6 Å². The van der Waals surface area contributed by atoms with Crippen molar-refractivity contribution in [3.05, 3.63) is 82.4 Å². The van der Waals surface area contributed by atoms with Gasteiger partial charge >= 0.3 is 5.97 Å². The van der Waals surface area contributed by atoms with Crippen LogP contribution in [0.4, 0.5) is 0 Å². The molecule has 0 atom stereocenters. The zero-order valence-electron chi connectivity index (χ0n) is 12.8. The number of aromatic carboxylic acids is 1. The Morgan fingerprint density at radius 1 is 0.955 bits per heavy atom. The molecule has 110 valence electrons. The molecule has 0 aliphatic heterocycles. The van der Waals surface area contributed by atoms with E-state index in [0.29, 0.717) is 5.56 Å². The Hall–Kier alpha value is -2.61. The van der Waals surface area contributed by atoms with Crippen molar-refractivity contribution < 1.29 is 9.90 Å². The molecule has 0 heterocycles. The van der Waals surface area contributed by atoms with E-state index in [2.05, 4.69) is 32.0 Å². The number of fused-ring (bicyclic) bond motifs is 1. The van der Waals surface area contributed by atoms with Gasteiger partial charge in [0.05, 0.1) is 5.56 Å². The predicted molar refractivity (Wildman–Crippen MR) is 89.6 cm³/mol. The fourth-order valence-corrected chi connectivity index (χ4v) is 2.94. The van der Waals surface area contributed by atoms with Crippen LogP contribution in [0.5, 0.6) is 0 Å². The number of benzene rings is 3. The van der Waals surface area contributed by atoms with E-state index in [1.54, 1.807) is 12.1 Å². The van der Waals surface area contributed by atoms with E-state index in [4.69, 9.17) is 0 Å². The monoisotopic (exact) mass is 290 g/mol. The quantitative estimate of drug-likeness (QED) is 0.756. The third-order valence-electron chi connectivity index (χ3n) is 4.11. The van der Waals surface area contributed by atoms with Crippen molar-refractivity contribution in [2.45, 2.75) is 20.3 Å². The maximum Gasteiger partial charge on any atom is 0.336 e. The Morgan fingerprint density at radius 2 is 1.68 bits per heavy atom. The summed E-state index contributed by atoms with van der Waals surface area (Å²) in [5.41, 5.74) is 5.13. The van der Waals surface area contributed by atoms with Crippen LogP contribution in [-0.2, 0) is 6.42 Å². The van der Waals surface area contributed by atoms with E-state index >= 15 is 0 Å². The van der Waals surface area contributed by atoms with Gasteiger partial charge in [0.2, 0.25) is 0 Å². The molecule has 0 aliphatic carbocycles. The lowest BCUT2D eigenvalue weighted by molar-refractivity contribution is 0.0699. The van der Waals surface area contributed by atoms with Gasteiger partial charge in [0, 0.05) is 0 Å². The highest BCUT2D eigenvalue weighted by atomic mass is 16.4. The largest absolute Gasteiger partial charge is 0.478 e. The van der Waals surface area contributed by atoms with Crippen LogP contribution in [0.1, 0.15) is 32.6 Å². The van der Waals surface area contributed by atoms with Gasteiger partial charge in [-0.2, -0.15) is 0 Å². The molecule has 0 aromatic heterocycles. The summed E-state index contributed by atoms with van der Waals surface area (Å²) < 4.78 is 0. The average molecular weight is 290 g/mol. The van der Waals surface area contributed by atoms with E-state index in [1.165, 1.54) is 16.7 Å². The molecule has 0 bridgehead atoms. The number of carboxylic acid groups (broad SMARTS) is 1. The lowest BCUT2D eigenvalue weighted by atomic mass is 9.93. The lowest BCUT2D eigenvalue weighted by Gasteiger charge is -2.12. The van der Waals surface area contributed by atoms with Crippen LogP contribution in [0.25, 0.3) is 10.8 Å². The van der Waals surface area contributed by atoms with Crippen LogP contribution in [0.2, 0.25) is 0 Å². The van der Waals surface area contributed by atoms with Crippen molar-refractivity contribution in [3.63, 3.8) is 0 Å². The molecule has 0 unspecified atom stereocenters. The molecule has 0 spiro atoms. The summed E-state index contributed by atoms with van der Waals surface area (Å²) in [5.74, 6) is -0.876. The summed E-state index contributed by atoms with van der Waals surface area (Å²) in [6.07, 6.45) is 0.745. The minimum absolute atomic E-state index is 0.374. The Kier molecular flexibility index (Phi) is 3.68. The molecular weight excluding hydrogens is 272 g/mol. The Labute approximate surface area is 130 Å². The summed E-state index contributed by atoms with van der Waals surface area (Å²) in [7, 11) is 0. The third kappa shape index (κ3) is 2.60. The fourth-order valence-electron chi connectivity index (χ4n) is 2.94. The summed E-state index contributed by atoms with van der Waals surface area (Å²) in [6.45, 7) is 4.17. The molecule has 0 radical (unpaired) electrons. The summed E-state index contributed by atoms with van der Waals surface area (Å²) in [4.78, 5) is 11.5. The van der Waals surface area contributed by atoms with E-state index < -0.39 is 5.97 Å². The Morgan fingerprint density at radius 3 is 2.41 bits per heavy atom. The second-order valence-electron chi connectivity index (χ2n) is 5.73. The normalized spacial score (nSPS) is 10.8. The number of carboxylic acids is 1.